The predicted molar refractivity (Wildman–Crippen MR) is 129 cm³/mol. The van der Waals surface area contributed by atoms with Crippen LogP contribution in [0.4, 0.5) is 21.9 Å². The number of anilines is 3. The van der Waals surface area contributed by atoms with Gasteiger partial charge in [0.1, 0.15) is 6.04 Å². The van der Waals surface area contributed by atoms with Crippen LogP contribution in [0.5, 0.6) is 0 Å². The molecule has 0 unspecified atom stereocenters. The molecule has 2 saturated heterocycles. The number of nitrogens with zero attached hydrogens (tertiary/aromatic N) is 2. The molecule has 10 heteroatoms. The van der Waals surface area contributed by atoms with Gasteiger partial charge in [0.2, 0.25) is 5.91 Å². The lowest BCUT2D eigenvalue weighted by atomic mass is 10.1. The maximum absolute atomic E-state index is 13.2. The van der Waals surface area contributed by atoms with Crippen molar-refractivity contribution in [1.29, 1.82) is 0 Å². The second kappa shape index (κ2) is 10.3. The van der Waals surface area contributed by atoms with Crippen LogP contribution in [0, 0.1) is 0 Å². The highest BCUT2D eigenvalue weighted by atomic mass is 35.5. The third kappa shape index (κ3) is 5.26. The summed E-state index contributed by atoms with van der Waals surface area (Å²) in [6.07, 6.45) is 1.35. The summed E-state index contributed by atoms with van der Waals surface area (Å²) in [6.45, 7) is 1.66. The number of β-amino-alcohol motifs (C(OH)–C–C–N with tert-alkyl or cyclic N) is 1. The van der Waals surface area contributed by atoms with Crippen molar-refractivity contribution in [1.82, 2.24) is 4.90 Å². The third-order valence-electron chi connectivity index (χ3n) is 6.06. The molecule has 2 aliphatic rings. The van der Waals surface area contributed by atoms with Gasteiger partial charge in [-0.2, -0.15) is 0 Å². The highest BCUT2D eigenvalue weighted by molar-refractivity contribution is 6.30. The fourth-order valence-corrected chi connectivity index (χ4v) is 4.46. The van der Waals surface area contributed by atoms with E-state index < -0.39 is 30.1 Å². The number of benzene rings is 2. The van der Waals surface area contributed by atoms with Crippen LogP contribution in [0.1, 0.15) is 29.6 Å². The van der Waals surface area contributed by atoms with Crippen molar-refractivity contribution in [3.8, 4) is 0 Å². The number of esters is 1. The van der Waals surface area contributed by atoms with Gasteiger partial charge in [0.15, 0.2) is 0 Å². The number of hydrogen-bond donors (Lipinski definition) is 3. The van der Waals surface area contributed by atoms with E-state index in [2.05, 4.69) is 15.5 Å². The molecular weight excluding hydrogens is 460 g/mol. The zero-order valence-corrected chi connectivity index (χ0v) is 19.5. The molecule has 2 atom stereocenters. The van der Waals surface area contributed by atoms with Crippen molar-refractivity contribution >= 4 is 46.6 Å². The van der Waals surface area contributed by atoms with E-state index in [-0.39, 0.29) is 13.0 Å². The van der Waals surface area contributed by atoms with E-state index in [0.29, 0.717) is 22.0 Å². The number of aliphatic hydroxyl groups is 1. The average molecular weight is 487 g/mol. The number of ether oxygens (including phenoxy) is 1. The highest BCUT2D eigenvalue weighted by Gasteiger charge is 2.39. The molecule has 0 saturated carbocycles. The molecule has 3 N–H and O–H groups in total. The number of halogens is 1. The monoisotopic (exact) mass is 486 g/mol. The minimum atomic E-state index is -0.853. The van der Waals surface area contributed by atoms with E-state index in [1.54, 1.807) is 42.5 Å². The first-order chi connectivity index (χ1) is 16.4. The van der Waals surface area contributed by atoms with Gasteiger partial charge in [-0.25, -0.2) is 9.59 Å². The van der Waals surface area contributed by atoms with Gasteiger partial charge in [0.05, 0.1) is 30.2 Å². The molecule has 34 heavy (non-hydrogen) atoms. The van der Waals surface area contributed by atoms with Gasteiger partial charge >= 0.3 is 12.0 Å². The number of hydrogen-bond acceptors (Lipinski definition) is 6. The van der Waals surface area contributed by atoms with Gasteiger partial charge < -0.3 is 30.3 Å². The van der Waals surface area contributed by atoms with Crippen molar-refractivity contribution < 1.29 is 24.2 Å². The summed E-state index contributed by atoms with van der Waals surface area (Å²) in [7, 11) is 1.32. The number of carbonyl (C=O) groups excluding carboxylic acids is 3. The lowest BCUT2D eigenvalue weighted by Crippen LogP contribution is -2.45. The fraction of sp³-hybridized carbons (Fsp3) is 0.375. The van der Waals surface area contributed by atoms with E-state index in [1.165, 1.54) is 12.0 Å². The maximum atomic E-state index is 13.2. The first-order valence-corrected chi connectivity index (χ1v) is 11.5. The number of methoxy groups -OCH3 is 1. The summed E-state index contributed by atoms with van der Waals surface area (Å²) in [5.74, 6) is -0.864. The third-order valence-corrected chi connectivity index (χ3v) is 6.31. The molecule has 2 aliphatic heterocycles. The Morgan fingerprint density at radius 1 is 1.06 bits per heavy atom. The minimum Gasteiger partial charge on any atom is -0.465 e. The van der Waals surface area contributed by atoms with Crippen LogP contribution in [-0.4, -0.2) is 66.8 Å². The average Bonchev–Trinajstić information content (AvgIpc) is 3.50. The van der Waals surface area contributed by atoms with Crippen LogP contribution in [0.25, 0.3) is 0 Å². The summed E-state index contributed by atoms with van der Waals surface area (Å²) in [6, 6.07) is 10.3. The van der Waals surface area contributed by atoms with Gasteiger partial charge in [-0.05, 0) is 55.3 Å². The Bertz CT molecular complexity index is 1070. The number of rotatable bonds is 5. The number of carbonyl (C=O) groups is 3. The molecule has 0 bridgehead atoms. The number of nitrogens with one attached hydrogen (secondary N) is 2. The largest absolute Gasteiger partial charge is 0.465 e. The van der Waals surface area contributed by atoms with Gasteiger partial charge in [0.25, 0.3) is 0 Å². The maximum Gasteiger partial charge on any atom is 0.337 e. The van der Waals surface area contributed by atoms with Gasteiger partial charge in [-0.15, -0.1) is 0 Å². The summed E-state index contributed by atoms with van der Waals surface area (Å²) in [5.41, 5.74) is 2.19. The summed E-state index contributed by atoms with van der Waals surface area (Å²) >= 11 is 5.89. The van der Waals surface area contributed by atoms with E-state index >= 15 is 0 Å². The first-order valence-electron chi connectivity index (χ1n) is 11.1. The summed E-state index contributed by atoms with van der Waals surface area (Å²) in [4.78, 5) is 41.6. The second-order valence-corrected chi connectivity index (χ2v) is 8.84. The number of urea groups is 1. The molecule has 2 aromatic carbocycles. The summed E-state index contributed by atoms with van der Waals surface area (Å²) < 4.78 is 4.83. The van der Waals surface area contributed by atoms with Gasteiger partial charge in [0, 0.05) is 36.8 Å². The van der Waals surface area contributed by atoms with Crippen molar-refractivity contribution in [2.75, 3.05) is 42.3 Å². The lowest BCUT2D eigenvalue weighted by Gasteiger charge is -2.26. The lowest BCUT2D eigenvalue weighted by molar-refractivity contribution is -0.119. The Kier molecular flexibility index (Phi) is 7.23. The van der Waals surface area contributed by atoms with Crippen molar-refractivity contribution in [3.63, 3.8) is 0 Å². The quantitative estimate of drug-likeness (QED) is 0.559. The number of amides is 3. The van der Waals surface area contributed by atoms with E-state index in [9.17, 15) is 19.5 Å². The zero-order valence-electron chi connectivity index (χ0n) is 18.8. The molecule has 9 nitrogen and oxygen atoms in total. The van der Waals surface area contributed by atoms with Crippen LogP contribution in [0.3, 0.4) is 0 Å². The Morgan fingerprint density at radius 2 is 1.76 bits per heavy atom. The van der Waals surface area contributed by atoms with Crippen molar-refractivity contribution in [2.24, 2.45) is 0 Å². The van der Waals surface area contributed by atoms with Crippen LogP contribution >= 0.6 is 11.6 Å². The molecule has 4 rings (SSSR count). The molecule has 0 radical (unpaired) electrons. The van der Waals surface area contributed by atoms with Crippen molar-refractivity contribution in [2.45, 2.75) is 31.4 Å². The van der Waals surface area contributed by atoms with Gasteiger partial charge in [-0.3, -0.25) is 4.79 Å². The topological polar surface area (TPSA) is 111 Å². The number of aliphatic hydroxyl groups excluding tert-OH is 1. The van der Waals surface area contributed by atoms with Crippen LogP contribution in [0.15, 0.2) is 42.5 Å². The van der Waals surface area contributed by atoms with Crippen molar-refractivity contribution in [3.05, 3.63) is 53.1 Å². The van der Waals surface area contributed by atoms with Crippen LogP contribution in [-0.2, 0) is 9.53 Å². The second-order valence-electron chi connectivity index (χ2n) is 8.40. The summed E-state index contributed by atoms with van der Waals surface area (Å²) in [5, 5.41) is 16.4. The van der Waals surface area contributed by atoms with E-state index in [1.807, 2.05) is 0 Å². The molecule has 2 heterocycles. The molecule has 0 aromatic heterocycles. The zero-order chi connectivity index (χ0) is 24.2. The standard InChI is InChI=1S/C24H27ClN4O5/c1-34-23(32)15-4-9-19(20(12-15)28-10-2-3-11-28)27-22(31)21-13-18(30)14-29(21)24(33)26-17-7-5-16(25)6-8-17/h4-9,12,18,21,30H,2-3,10-11,13-14H2,1H3,(H,26,33)(H,27,31)/t18-,21-/m1/s1. The number of likely N-dealkylation sites (tertiary alicyclic amines) is 1. The first kappa shape index (κ1) is 23.8. The Balaban J connectivity index is 1.52. The molecular formula is C24H27ClN4O5. The fourth-order valence-electron chi connectivity index (χ4n) is 4.33. The Labute approximate surface area is 202 Å². The van der Waals surface area contributed by atoms with Crippen LogP contribution < -0.4 is 15.5 Å². The molecule has 2 fully saturated rings. The molecule has 3 amide bonds. The Morgan fingerprint density at radius 3 is 2.44 bits per heavy atom. The normalized spacial score (nSPS) is 19.7. The molecule has 2 aromatic rings. The predicted octanol–water partition coefficient (Wildman–Crippen LogP) is 3.33. The highest BCUT2D eigenvalue weighted by Crippen LogP contribution is 2.31. The molecule has 0 spiro atoms. The van der Waals surface area contributed by atoms with E-state index in [0.717, 1.165) is 31.6 Å². The minimum absolute atomic E-state index is 0.0395. The van der Waals surface area contributed by atoms with Gasteiger partial charge in [-0.1, -0.05) is 11.6 Å². The molecule has 0 aliphatic carbocycles. The SMILES string of the molecule is COC(=O)c1ccc(NC(=O)[C@H]2C[C@@H](O)CN2C(=O)Nc2ccc(Cl)cc2)c(N2CCCC2)c1. The van der Waals surface area contributed by atoms with E-state index in [4.69, 9.17) is 16.3 Å². The Hall–Kier alpha value is -3.30. The van der Waals surface area contributed by atoms with Crippen LogP contribution in [0.2, 0.25) is 5.02 Å². The molecule has 180 valence electrons. The smallest absolute Gasteiger partial charge is 0.337 e.